The van der Waals surface area contributed by atoms with E-state index < -0.39 is 0 Å². The van der Waals surface area contributed by atoms with Crippen molar-refractivity contribution in [2.45, 2.75) is 39.2 Å². The molecule has 2 N–H and O–H groups in total. The van der Waals surface area contributed by atoms with E-state index in [-0.39, 0.29) is 18.0 Å². The van der Waals surface area contributed by atoms with Gasteiger partial charge in [0, 0.05) is 18.7 Å². The summed E-state index contributed by atoms with van der Waals surface area (Å²) in [6, 6.07) is 5.11. The van der Waals surface area contributed by atoms with E-state index in [0.717, 1.165) is 25.2 Å². The number of carbonyl (C=O) groups is 1. The van der Waals surface area contributed by atoms with Crippen molar-refractivity contribution in [3.63, 3.8) is 0 Å². The number of anilines is 1. The van der Waals surface area contributed by atoms with Crippen LogP contribution >= 0.6 is 0 Å². The Morgan fingerprint density at radius 1 is 1.27 bits per heavy atom. The average Bonchev–Trinajstić information content (AvgIpc) is 3.20. The van der Waals surface area contributed by atoms with Crippen LogP contribution in [0.1, 0.15) is 33.1 Å². The fourth-order valence-corrected chi connectivity index (χ4v) is 3.77. The molecule has 0 spiro atoms. The zero-order valence-electron chi connectivity index (χ0n) is 18.9. The minimum atomic E-state index is -0.287. The number of nitrogens with one attached hydrogen (secondary N) is 2. The Kier molecular flexibility index (Phi) is 7.00. The second-order valence-corrected chi connectivity index (χ2v) is 8.25. The number of rotatable bonds is 7. The first-order valence-corrected chi connectivity index (χ1v) is 11.2. The molecule has 0 aliphatic carbocycles. The number of aromatic nitrogens is 4. The van der Waals surface area contributed by atoms with Gasteiger partial charge in [-0.05, 0) is 58.0 Å². The number of ether oxygens (including phenoxy) is 1. The number of hydrogen-bond acceptors (Lipinski definition) is 6. The highest BCUT2D eigenvalue weighted by Crippen LogP contribution is 2.30. The molecule has 172 valence electrons. The van der Waals surface area contributed by atoms with Crippen LogP contribution in [-0.4, -0.2) is 62.8 Å². The third kappa shape index (κ3) is 5.75. The number of fused-ring (bicyclic) bond motifs is 1. The molecule has 2 amide bonds. The second-order valence-electron chi connectivity index (χ2n) is 8.25. The minimum Gasteiger partial charge on any atom is -0.500 e. The Labute approximate surface area is 192 Å². The third-order valence-corrected chi connectivity index (χ3v) is 5.32. The van der Waals surface area contributed by atoms with Crippen molar-refractivity contribution in [1.29, 1.82) is 0 Å². The number of nitrogens with zero attached hydrogens (tertiary/aromatic N) is 6. The summed E-state index contributed by atoms with van der Waals surface area (Å²) in [5.41, 5.74) is 1.97. The van der Waals surface area contributed by atoms with Crippen LogP contribution in [-0.2, 0) is 0 Å². The predicted molar refractivity (Wildman–Crippen MR) is 126 cm³/mol. The van der Waals surface area contributed by atoms with Crippen LogP contribution < -0.4 is 15.4 Å². The maximum absolute atomic E-state index is 12.2. The Bertz CT molecular complexity index is 1160. The molecule has 1 aliphatic heterocycles. The average molecular weight is 449 g/mol. The van der Waals surface area contributed by atoms with Gasteiger partial charge >= 0.3 is 11.8 Å². The van der Waals surface area contributed by atoms with Crippen molar-refractivity contribution in [2.24, 2.45) is 0 Å². The smallest absolute Gasteiger partial charge is 0.320 e. The highest BCUT2D eigenvalue weighted by atomic mass is 16.5. The summed E-state index contributed by atoms with van der Waals surface area (Å²) in [6.45, 7) is 14.7. The summed E-state index contributed by atoms with van der Waals surface area (Å²) >= 11 is 0. The highest BCUT2D eigenvalue weighted by molar-refractivity contribution is 5.88. The lowest BCUT2D eigenvalue weighted by molar-refractivity contribution is 0.224. The van der Waals surface area contributed by atoms with Crippen LogP contribution in [0.3, 0.4) is 0 Å². The van der Waals surface area contributed by atoms with Crippen molar-refractivity contribution in [1.82, 2.24) is 29.8 Å². The normalized spacial score (nSPS) is 14.2. The van der Waals surface area contributed by atoms with Crippen molar-refractivity contribution in [2.75, 3.05) is 31.5 Å². The number of carbonyl (C=O) groups excluding carboxylic acids is 1. The van der Waals surface area contributed by atoms with Gasteiger partial charge in [-0.1, -0.05) is 13.0 Å². The fourth-order valence-electron chi connectivity index (χ4n) is 3.77. The van der Waals surface area contributed by atoms with E-state index in [9.17, 15) is 4.79 Å². The molecule has 0 aromatic carbocycles. The molecule has 0 bridgehead atoms. The van der Waals surface area contributed by atoms with Gasteiger partial charge in [0.25, 0.3) is 0 Å². The van der Waals surface area contributed by atoms with Crippen molar-refractivity contribution >= 4 is 23.3 Å². The number of urea groups is 1. The lowest BCUT2D eigenvalue weighted by Crippen LogP contribution is -2.39. The summed E-state index contributed by atoms with van der Waals surface area (Å²) in [5.74, 6) is 1.06. The molecule has 1 aliphatic rings. The van der Waals surface area contributed by atoms with E-state index in [1.165, 1.54) is 19.3 Å². The minimum absolute atomic E-state index is 0.0775. The molecule has 4 rings (SSSR count). The highest BCUT2D eigenvalue weighted by Gasteiger charge is 2.14. The summed E-state index contributed by atoms with van der Waals surface area (Å²) < 4.78 is 7.33. The van der Waals surface area contributed by atoms with Crippen LogP contribution in [0, 0.1) is 6.57 Å². The van der Waals surface area contributed by atoms with E-state index in [0.29, 0.717) is 29.5 Å². The molecule has 1 fully saturated rings. The van der Waals surface area contributed by atoms with Crippen molar-refractivity contribution in [3.05, 3.63) is 42.0 Å². The molecule has 3 aromatic rings. The van der Waals surface area contributed by atoms with Gasteiger partial charge in [0.2, 0.25) is 0 Å². The Hall–Kier alpha value is -3.71. The maximum atomic E-state index is 12.2. The standard InChI is InChI=1S/C23H28N8O2/c1-16(2)33-19-13-17(14-26-22(19)24-3)18-7-8-21-27-20(15-31(21)29-18)28-23(32)25-9-12-30-10-5-4-6-11-30/h7-8,13-16H,4-6,9-12H2,1-2H3,(H2,25,28,32). The van der Waals surface area contributed by atoms with E-state index in [1.807, 2.05) is 26.0 Å². The molecule has 3 aromatic heterocycles. The molecule has 0 saturated carbocycles. The fraction of sp³-hybridized carbons (Fsp3) is 0.435. The van der Waals surface area contributed by atoms with Crippen molar-refractivity contribution < 1.29 is 9.53 Å². The number of hydrogen-bond donors (Lipinski definition) is 2. The van der Waals surface area contributed by atoms with Crippen LogP contribution in [0.15, 0.2) is 30.6 Å². The van der Waals surface area contributed by atoms with Crippen LogP contribution in [0.4, 0.5) is 16.4 Å². The molecule has 4 heterocycles. The molecule has 0 unspecified atom stereocenters. The van der Waals surface area contributed by atoms with Crippen LogP contribution in [0.5, 0.6) is 5.75 Å². The maximum Gasteiger partial charge on any atom is 0.320 e. The molecular weight excluding hydrogens is 420 g/mol. The summed E-state index contributed by atoms with van der Waals surface area (Å²) in [4.78, 5) is 26.6. The SMILES string of the molecule is [C-]#[N+]c1ncc(-c2ccc3nc(NC(=O)NCCN4CCCCC4)cn3n2)cc1OC(C)C. The van der Waals surface area contributed by atoms with Gasteiger partial charge in [0.15, 0.2) is 11.5 Å². The van der Waals surface area contributed by atoms with Gasteiger partial charge in [-0.2, -0.15) is 5.10 Å². The van der Waals surface area contributed by atoms with E-state index >= 15 is 0 Å². The number of amides is 2. The Morgan fingerprint density at radius 3 is 2.85 bits per heavy atom. The van der Waals surface area contributed by atoms with E-state index in [4.69, 9.17) is 11.3 Å². The summed E-state index contributed by atoms with van der Waals surface area (Å²) in [6.07, 6.45) is 6.94. The molecular formula is C23H28N8O2. The largest absolute Gasteiger partial charge is 0.500 e. The number of pyridine rings is 1. The topological polar surface area (TPSA) is 101 Å². The van der Waals surface area contributed by atoms with E-state index in [1.54, 1.807) is 23.0 Å². The van der Waals surface area contributed by atoms with Gasteiger partial charge in [-0.3, -0.25) is 5.32 Å². The lowest BCUT2D eigenvalue weighted by Gasteiger charge is -2.26. The third-order valence-electron chi connectivity index (χ3n) is 5.32. The summed E-state index contributed by atoms with van der Waals surface area (Å²) in [5, 5.41) is 10.2. The Morgan fingerprint density at radius 2 is 2.09 bits per heavy atom. The van der Waals surface area contributed by atoms with E-state index in [2.05, 4.69) is 35.4 Å². The van der Waals surface area contributed by atoms with Crippen molar-refractivity contribution in [3.8, 4) is 17.0 Å². The van der Waals surface area contributed by atoms with Gasteiger partial charge in [-0.15, -0.1) is 4.98 Å². The van der Waals surface area contributed by atoms with Gasteiger partial charge in [-0.25, -0.2) is 14.3 Å². The summed E-state index contributed by atoms with van der Waals surface area (Å²) in [7, 11) is 0. The molecule has 33 heavy (non-hydrogen) atoms. The van der Waals surface area contributed by atoms with Crippen LogP contribution in [0.25, 0.3) is 21.7 Å². The second kappa shape index (κ2) is 10.3. The molecule has 0 atom stereocenters. The molecule has 1 saturated heterocycles. The molecule has 0 radical (unpaired) electrons. The number of likely N-dealkylation sites (tertiary alicyclic amines) is 1. The van der Waals surface area contributed by atoms with Gasteiger partial charge in [0.1, 0.15) is 11.9 Å². The number of piperidine rings is 1. The first kappa shape index (κ1) is 22.5. The zero-order chi connectivity index (χ0) is 23.2. The number of imidazole rings is 1. The lowest BCUT2D eigenvalue weighted by atomic mass is 10.1. The first-order valence-electron chi connectivity index (χ1n) is 11.2. The Balaban J connectivity index is 1.42. The quantitative estimate of drug-likeness (QED) is 0.534. The molecule has 10 heteroatoms. The zero-order valence-corrected chi connectivity index (χ0v) is 18.9. The van der Waals surface area contributed by atoms with Gasteiger partial charge < -0.3 is 19.8 Å². The van der Waals surface area contributed by atoms with Gasteiger partial charge in [0.05, 0.1) is 18.0 Å². The molecule has 10 nitrogen and oxygen atoms in total. The first-order chi connectivity index (χ1) is 16.0. The van der Waals surface area contributed by atoms with Crippen LogP contribution in [0.2, 0.25) is 0 Å². The predicted octanol–water partition coefficient (Wildman–Crippen LogP) is 3.74. The monoisotopic (exact) mass is 448 g/mol.